The normalized spacial score (nSPS) is 11.7. The van der Waals surface area contributed by atoms with Crippen molar-refractivity contribution in [3.05, 3.63) is 60.2 Å². The van der Waals surface area contributed by atoms with Crippen LogP contribution < -0.4 is 16.4 Å². The van der Waals surface area contributed by atoms with E-state index < -0.39 is 0 Å². The molecule has 21 heavy (non-hydrogen) atoms. The lowest BCUT2D eigenvalue weighted by Gasteiger charge is -2.14. The first-order valence-corrected chi connectivity index (χ1v) is 7.10. The van der Waals surface area contributed by atoms with Gasteiger partial charge in [-0.25, -0.2) is 4.79 Å². The number of anilines is 2. The van der Waals surface area contributed by atoms with Crippen molar-refractivity contribution < 1.29 is 4.79 Å². The Hall–Kier alpha value is -2.49. The van der Waals surface area contributed by atoms with Crippen LogP contribution in [0.2, 0.25) is 0 Å². The standard InChI is InChI=1S/C17H21N3O/c1-13(7-8-14-5-3-2-4-6-14)19-17(21)20-16-11-9-15(18)10-12-16/h2-6,9-13H,7-8,18H2,1H3,(H2,19,20,21). The van der Waals surface area contributed by atoms with Crippen molar-refractivity contribution in [1.82, 2.24) is 5.32 Å². The SMILES string of the molecule is CC(CCc1ccccc1)NC(=O)Nc1ccc(N)cc1. The van der Waals surface area contributed by atoms with Crippen molar-refractivity contribution >= 4 is 17.4 Å². The van der Waals surface area contributed by atoms with E-state index in [4.69, 9.17) is 5.73 Å². The number of carbonyl (C=O) groups is 1. The maximum atomic E-state index is 11.9. The predicted molar refractivity (Wildman–Crippen MR) is 87.2 cm³/mol. The third-order valence-corrected chi connectivity index (χ3v) is 3.25. The van der Waals surface area contributed by atoms with E-state index in [1.165, 1.54) is 5.56 Å². The average molecular weight is 283 g/mol. The Morgan fingerprint density at radius 3 is 2.43 bits per heavy atom. The number of hydrogen-bond donors (Lipinski definition) is 3. The summed E-state index contributed by atoms with van der Waals surface area (Å²) in [7, 11) is 0. The highest BCUT2D eigenvalue weighted by molar-refractivity contribution is 5.89. The fraction of sp³-hybridized carbons (Fsp3) is 0.235. The van der Waals surface area contributed by atoms with Gasteiger partial charge < -0.3 is 16.4 Å². The third kappa shape index (κ3) is 5.18. The summed E-state index contributed by atoms with van der Waals surface area (Å²) in [6, 6.07) is 17.3. The van der Waals surface area contributed by atoms with Crippen molar-refractivity contribution in [3.8, 4) is 0 Å². The van der Waals surface area contributed by atoms with Crippen LogP contribution >= 0.6 is 0 Å². The molecule has 4 nitrogen and oxygen atoms in total. The quantitative estimate of drug-likeness (QED) is 0.736. The van der Waals surface area contributed by atoms with Gasteiger partial charge in [-0.05, 0) is 49.6 Å². The summed E-state index contributed by atoms with van der Waals surface area (Å²) in [5, 5.41) is 5.72. The van der Waals surface area contributed by atoms with Crippen LogP contribution in [0.5, 0.6) is 0 Å². The van der Waals surface area contributed by atoms with Gasteiger partial charge in [0.1, 0.15) is 0 Å². The molecule has 0 aromatic heterocycles. The zero-order valence-corrected chi connectivity index (χ0v) is 12.2. The van der Waals surface area contributed by atoms with Gasteiger partial charge in [0.2, 0.25) is 0 Å². The molecule has 1 atom stereocenters. The fourth-order valence-corrected chi connectivity index (χ4v) is 2.06. The van der Waals surface area contributed by atoms with Crippen LogP contribution in [-0.2, 0) is 6.42 Å². The molecule has 2 amide bonds. The minimum atomic E-state index is -0.194. The number of hydrogen-bond acceptors (Lipinski definition) is 2. The van der Waals surface area contributed by atoms with Crippen LogP contribution in [0, 0.1) is 0 Å². The number of urea groups is 1. The summed E-state index contributed by atoms with van der Waals surface area (Å²) in [6.45, 7) is 2.01. The molecule has 2 aromatic carbocycles. The smallest absolute Gasteiger partial charge is 0.319 e. The molecular weight excluding hydrogens is 262 g/mol. The Balaban J connectivity index is 1.75. The number of amides is 2. The molecule has 0 heterocycles. The molecule has 110 valence electrons. The first kappa shape index (κ1) is 14.9. The number of nitrogen functional groups attached to an aromatic ring is 1. The minimum Gasteiger partial charge on any atom is -0.399 e. The van der Waals surface area contributed by atoms with Crippen molar-refractivity contribution in [2.45, 2.75) is 25.8 Å². The molecule has 1 unspecified atom stereocenters. The highest BCUT2D eigenvalue weighted by Crippen LogP contribution is 2.10. The summed E-state index contributed by atoms with van der Waals surface area (Å²) in [5.41, 5.74) is 8.30. The van der Waals surface area contributed by atoms with Crippen molar-refractivity contribution in [2.75, 3.05) is 11.1 Å². The number of nitrogens with two attached hydrogens (primary N) is 1. The van der Waals surface area contributed by atoms with Crippen LogP contribution in [0.3, 0.4) is 0 Å². The topological polar surface area (TPSA) is 67.2 Å². The summed E-state index contributed by atoms with van der Waals surface area (Å²) in [4.78, 5) is 11.9. The van der Waals surface area contributed by atoms with E-state index in [1.807, 2.05) is 25.1 Å². The van der Waals surface area contributed by atoms with E-state index in [0.717, 1.165) is 18.5 Å². The Morgan fingerprint density at radius 2 is 1.76 bits per heavy atom. The maximum Gasteiger partial charge on any atom is 0.319 e. The number of rotatable bonds is 5. The van der Waals surface area contributed by atoms with E-state index in [-0.39, 0.29) is 12.1 Å². The van der Waals surface area contributed by atoms with Gasteiger partial charge in [-0.15, -0.1) is 0 Å². The lowest BCUT2D eigenvalue weighted by atomic mass is 10.1. The van der Waals surface area contributed by atoms with Crippen molar-refractivity contribution in [1.29, 1.82) is 0 Å². The zero-order chi connectivity index (χ0) is 15.1. The number of nitrogens with one attached hydrogen (secondary N) is 2. The molecule has 4 N–H and O–H groups in total. The lowest BCUT2D eigenvalue weighted by Crippen LogP contribution is -2.36. The van der Waals surface area contributed by atoms with Crippen molar-refractivity contribution in [3.63, 3.8) is 0 Å². The van der Waals surface area contributed by atoms with E-state index in [1.54, 1.807) is 24.3 Å². The van der Waals surface area contributed by atoms with Crippen molar-refractivity contribution in [2.24, 2.45) is 0 Å². The van der Waals surface area contributed by atoms with Gasteiger partial charge in [0.05, 0.1) is 0 Å². The predicted octanol–water partition coefficient (Wildman–Crippen LogP) is 3.41. The Kier molecular flexibility index (Phi) is 5.21. The van der Waals surface area contributed by atoms with Crippen LogP contribution in [0.25, 0.3) is 0 Å². The number of benzene rings is 2. The van der Waals surface area contributed by atoms with Gasteiger partial charge in [-0.3, -0.25) is 0 Å². The van der Waals surface area contributed by atoms with Gasteiger partial charge in [-0.1, -0.05) is 30.3 Å². The fourth-order valence-electron chi connectivity index (χ4n) is 2.06. The minimum absolute atomic E-state index is 0.110. The average Bonchev–Trinajstić information content (AvgIpc) is 2.48. The molecule has 2 rings (SSSR count). The van der Waals surface area contributed by atoms with Crippen LogP contribution in [0.15, 0.2) is 54.6 Å². The van der Waals surface area contributed by atoms with E-state index in [2.05, 4.69) is 22.8 Å². The number of carbonyl (C=O) groups excluding carboxylic acids is 1. The Morgan fingerprint density at radius 1 is 1.10 bits per heavy atom. The Bertz CT molecular complexity index is 566. The second kappa shape index (κ2) is 7.33. The highest BCUT2D eigenvalue weighted by atomic mass is 16.2. The molecule has 0 saturated heterocycles. The van der Waals surface area contributed by atoms with E-state index in [0.29, 0.717) is 5.69 Å². The molecule has 0 saturated carbocycles. The monoisotopic (exact) mass is 283 g/mol. The Labute approximate surface area is 125 Å². The lowest BCUT2D eigenvalue weighted by molar-refractivity contribution is 0.248. The van der Waals surface area contributed by atoms with Gasteiger partial charge in [-0.2, -0.15) is 0 Å². The summed E-state index contributed by atoms with van der Waals surface area (Å²) >= 11 is 0. The molecule has 0 radical (unpaired) electrons. The van der Waals surface area contributed by atoms with Gasteiger partial charge in [0.25, 0.3) is 0 Å². The molecule has 0 aliphatic carbocycles. The molecule has 0 bridgehead atoms. The highest BCUT2D eigenvalue weighted by Gasteiger charge is 2.07. The molecule has 0 aliphatic heterocycles. The second-order valence-electron chi connectivity index (χ2n) is 5.15. The van der Waals surface area contributed by atoms with Gasteiger partial charge in [0, 0.05) is 17.4 Å². The summed E-state index contributed by atoms with van der Waals surface area (Å²) in [6.07, 6.45) is 1.85. The molecule has 0 spiro atoms. The van der Waals surface area contributed by atoms with Crippen LogP contribution in [0.1, 0.15) is 18.9 Å². The van der Waals surface area contributed by atoms with E-state index in [9.17, 15) is 4.79 Å². The van der Waals surface area contributed by atoms with Crippen LogP contribution in [-0.4, -0.2) is 12.1 Å². The van der Waals surface area contributed by atoms with Crippen LogP contribution in [0.4, 0.5) is 16.2 Å². The number of aryl methyl sites for hydroxylation is 1. The second-order valence-corrected chi connectivity index (χ2v) is 5.15. The molecule has 0 aliphatic rings. The molecule has 2 aromatic rings. The summed E-state index contributed by atoms with van der Waals surface area (Å²) in [5.74, 6) is 0. The van der Waals surface area contributed by atoms with Gasteiger partial charge >= 0.3 is 6.03 Å². The first-order valence-electron chi connectivity index (χ1n) is 7.10. The summed E-state index contributed by atoms with van der Waals surface area (Å²) < 4.78 is 0. The maximum absolute atomic E-state index is 11.9. The third-order valence-electron chi connectivity index (χ3n) is 3.25. The molecule has 0 fully saturated rings. The molecule has 4 heteroatoms. The van der Waals surface area contributed by atoms with Gasteiger partial charge in [0.15, 0.2) is 0 Å². The van der Waals surface area contributed by atoms with E-state index >= 15 is 0 Å². The molecular formula is C17H21N3O. The first-order chi connectivity index (χ1) is 10.1. The zero-order valence-electron chi connectivity index (χ0n) is 12.2. The largest absolute Gasteiger partial charge is 0.399 e.